The summed E-state index contributed by atoms with van der Waals surface area (Å²) in [6.07, 6.45) is 1.29. The molecule has 0 saturated carbocycles. The number of likely N-dealkylation sites (tertiary alicyclic amines) is 1. The fourth-order valence-corrected chi connectivity index (χ4v) is 4.63. The summed E-state index contributed by atoms with van der Waals surface area (Å²) in [4.78, 5) is 44.8. The Morgan fingerprint density at radius 3 is 2.33 bits per heavy atom. The third-order valence-electron chi connectivity index (χ3n) is 6.99. The lowest BCUT2D eigenvalue weighted by atomic mass is 9.90. The van der Waals surface area contributed by atoms with Crippen LogP contribution < -0.4 is 10.6 Å². The minimum absolute atomic E-state index is 0.0455. The lowest BCUT2D eigenvalue weighted by Crippen LogP contribution is -2.45. The van der Waals surface area contributed by atoms with Crippen molar-refractivity contribution in [2.24, 2.45) is 10.9 Å². The summed E-state index contributed by atoms with van der Waals surface area (Å²) in [7, 11) is 3.39. The molecule has 0 aromatic heterocycles. The molecule has 1 saturated heterocycles. The maximum absolute atomic E-state index is 13.6. The number of nitrogens with one attached hydrogen (secondary N) is 2. The minimum Gasteiger partial charge on any atom is -0.465 e. The van der Waals surface area contributed by atoms with E-state index in [2.05, 4.69) is 28.7 Å². The Hall–Kier alpha value is -4.27. The number of esters is 1. The second kappa shape index (κ2) is 17.0. The summed E-state index contributed by atoms with van der Waals surface area (Å²) in [5.41, 5.74) is 1.85. The molecule has 0 radical (unpaired) electrons. The van der Waals surface area contributed by atoms with Crippen LogP contribution in [-0.2, 0) is 25.6 Å². The largest absolute Gasteiger partial charge is 0.465 e. The van der Waals surface area contributed by atoms with Crippen LogP contribution in [0.4, 0.5) is 4.79 Å². The Morgan fingerprint density at radius 2 is 1.72 bits per heavy atom. The smallest absolute Gasteiger partial charge is 0.413 e. The molecule has 43 heavy (non-hydrogen) atoms. The third-order valence-corrected chi connectivity index (χ3v) is 6.99. The molecule has 2 unspecified atom stereocenters. The van der Waals surface area contributed by atoms with Crippen LogP contribution >= 0.6 is 0 Å². The molecule has 1 aliphatic heterocycles. The van der Waals surface area contributed by atoms with E-state index in [1.54, 1.807) is 50.2 Å². The Bertz CT molecular complexity index is 1270. The third kappa shape index (κ3) is 11.1. The Labute approximate surface area is 253 Å². The number of amides is 2. The van der Waals surface area contributed by atoms with E-state index in [9.17, 15) is 19.6 Å². The molecule has 1 fully saturated rings. The van der Waals surface area contributed by atoms with E-state index in [0.717, 1.165) is 31.5 Å². The number of aliphatic imine (C=N–C) groups is 1. The molecule has 2 N–H and O–H groups in total. The summed E-state index contributed by atoms with van der Waals surface area (Å²) in [5, 5.41) is 15.3. The number of hydrogen-bond donors (Lipinski definition) is 2. The molecule has 0 aliphatic carbocycles. The number of benzene rings is 2. The van der Waals surface area contributed by atoms with Crippen LogP contribution in [0.5, 0.6) is 0 Å². The van der Waals surface area contributed by atoms with E-state index in [4.69, 9.17) is 19.2 Å². The van der Waals surface area contributed by atoms with E-state index in [0.29, 0.717) is 17.5 Å². The molecule has 0 spiro atoms. The predicted octanol–water partition coefficient (Wildman–Crippen LogP) is 3.68. The number of nitrogens with zero attached hydrogens (tertiary/aromatic N) is 3. The molecule has 2 atom stereocenters. The number of methoxy groups -OCH3 is 1. The summed E-state index contributed by atoms with van der Waals surface area (Å²) in [6, 6.07) is 16.1. The van der Waals surface area contributed by atoms with Gasteiger partial charge in [-0.15, -0.1) is 0 Å². The predicted molar refractivity (Wildman–Crippen MR) is 161 cm³/mol. The van der Waals surface area contributed by atoms with Gasteiger partial charge in [0.2, 0.25) is 5.91 Å². The van der Waals surface area contributed by atoms with Crippen molar-refractivity contribution in [3.8, 4) is 6.07 Å². The fourth-order valence-electron chi connectivity index (χ4n) is 4.63. The fraction of sp³-hybridized carbons (Fsp3) is 0.469. The molecule has 230 valence electrons. The number of alkyl carbamates (subject to hydrolysis) is 1. The van der Waals surface area contributed by atoms with Crippen LogP contribution in [0.15, 0.2) is 59.6 Å². The highest BCUT2D eigenvalue weighted by Crippen LogP contribution is 2.23. The highest BCUT2D eigenvalue weighted by Gasteiger charge is 2.28. The summed E-state index contributed by atoms with van der Waals surface area (Å²) >= 11 is 0. The van der Waals surface area contributed by atoms with Gasteiger partial charge in [0.05, 0.1) is 38.1 Å². The second-order valence-electron chi connectivity index (χ2n) is 10.8. The Morgan fingerprint density at radius 1 is 1.05 bits per heavy atom. The first-order valence-electron chi connectivity index (χ1n) is 14.4. The first-order chi connectivity index (χ1) is 20.7. The van der Waals surface area contributed by atoms with Gasteiger partial charge < -0.3 is 24.4 Å². The van der Waals surface area contributed by atoms with E-state index < -0.39 is 30.1 Å². The molecule has 1 aliphatic rings. The zero-order valence-corrected chi connectivity index (χ0v) is 25.2. The average molecular weight is 592 g/mol. The second-order valence-corrected chi connectivity index (χ2v) is 10.8. The van der Waals surface area contributed by atoms with Gasteiger partial charge in [0.25, 0.3) is 0 Å². The van der Waals surface area contributed by atoms with Gasteiger partial charge in [-0.05, 0) is 76.9 Å². The number of hydrogen-bond acceptors (Lipinski definition) is 9. The first-order valence-corrected chi connectivity index (χ1v) is 14.4. The molecule has 11 heteroatoms. The topological polar surface area (TPSA) is 142 Å². The highest BCUT2D eigenvalue weighted by atomic mass is 16.6. The standard InChI is InChI=1S/C32H41N5O6/c1-22(2)43-32(40)36-29(25-8-6-5-7-9-25)35-28(18-23-14-16-37(3)17-15-23)30(38)34-27(19-33)21-42-20-24-10-12-26(13-11-24)31(39)41-4/h5-13,22-23,27-28H,14-18,20-21H2,1-4H3,(H,34,38)(H,35,36,40). The lowest BCUT2D eigenvalue weighted by molar-refractivity contribution is -0.123. The van der Waals surface area contributed by atoms with Gasteiger partial charge >= 0.3 is 12.1 Å². The Kier molecular flexibility index (Phi) is 13.1. The monoisotopic (exact) mass is 591 g/mol. The molecular weight excluding hydrogens is 550 g/mol. The maximum Gasteiger partial charge on any atom is 0.413 e. The summed E-state index contributed by atoms with van der Waals surface area (Å²) < 4.78 is 15.7. The number of nitriles is 1. The number of carbonyl (C=O) groups excluding carboxylic acids is 3. The van der Waals surface area contributed by atoms with E-state index in [-0.39, 0.29) is 31.1 Å². The molecule has 11 nitrogen and oxygen atoms in total. The zero-order chi connectivity index (χ0) is 31.2. The van der Waals surface area contributed by atoms with Crippen molar-refractivity contribution in [2.75, 3.05) is 33.9 Å². The average Bonchev–Trinajstić information content (AvgIpc) is 3.00. The molecule has 2 amide bonds. The number of piperidine rings is 1. The van der Waals surface area contributed by atoms with Gasteiger partial charge in [-0.2, -0.15) is 5.26 Å². The van der Waals surface area contributed by atoms with Crippen LogP contribution in [0.2, 0.25) is 0 Å². The van der Waals surface area contributed by atoms with Crippen molar-refractivity contribution in [3.63, 3.8) is 0 Å². The van der Waals surface area contributed by atoms with Crippen LogP contribution in [0.25, 0.3) is 0 Å². The molecule has 0 bridgehead atoms. The normalized spacial score (nSPS) is 15.7. The lowest BCUT2D eigenvalue weighted by Gasteiger charge is -2.30. The van der Waals surface area contributed by atoms with Crippen molar-refractivity contribution in [2.45, 2.75) is 57.9 Å². The van der Waals surface area contributed by atoms with Gasteiger partial charge in [0, 0.05) is 5.56 Å². The SMILES string of the molecule is COC(=O)c1ccc(COCC(C#N)NC(=O)C(CC2CCN(C)CC2)N=C(NC(=O)OC(C)C)c2ccccc2)cc1. The van der Waals surface area contributed by atoms with E-state index in [1.165, 1.54) is 7.11 Å². The van der Waals surface area contributed by atoms with Gasteiger partial charge in [-0.3, -0.25) is 15.1 Å². The number of ether oxygens (including phenoxy) is 3. The first kappa shape index (κ1) is 33.2. The van der Waals surface area contributed by atoms with Crippen molar-refractivity contribution < 1.29 is 28.6 Å². The van der Waals surface area contributed by atoms with Crippen molar-refractivity contribution >= 4 is 23.8 Å². The molecule has 1 heterocycles. The van der Waals surface area contributed by atoms with Crippen molar-refractivity contribution in [3.05, 3.63) is 71.3 Å². The van der Waals surface area contributed by atoms with Gasteiger partial charge in [-0.1, -0.05) is 42.5 Å². The zero-order valence-electron chi connectivity index (χ0n) is 25.2. The molecule has 3 rings (SSSR count). The van der Waals surface area contributed by atoms with Crippen LogP contribution in [-0.4, -0.2) is 80.7 Å². The maximum atomic E-state index is 13.6. The highest BCUT2D eigenvalue weighted by molar-refractivity contribution is 6.07. The molecule has 2 aromatic rings. The van der Waals surface area contributed by atoms with Crippen LogP contribution in [0, 0.1) is 17.2 Å². The number of amidine groups is 1. The quantitative estimate of drug-likeness (QED) is 0.216. The number of carbonyl (C=O) groups is 3. The van der Waals surface area contributed by atoms with Crippen molar-refractivity contribution in [1.82, 2.24) is 15.5 Å². The summed E-state index contributed by atoms with van der Waals surface area (Å²) in [6.45, 7) is 5.47. The Balaban J connectivity index is 1.74. The van der Waals surface area contributed by atoms with Crippen molar-refractivity contribution in [1.29, 1.82) is 5.26 Å². The summed E-state index contributed by atoms with van der Waals surface area (Å²) in [5.74, 6) is -0.386. The number of rotatable bonds is 12. The van der Waals surface area contributed by atoms with E-state index >= 15 is 0 Å². The molecular formula is C32H41N5O6. The minimum atomic E-state index is -0.920. The van der Waals surface area contributed by atoms with E-state index in [1.807, 2.05) is 18.2 Å². The van der Waals surface area contributed by atoms with Crippen LogP contribution in [0.3, 0.4) is 0 Å². The van der Waals surface area contributed by atoms with Gasteiger partial charge in [-0.25, -0.2) is 9.59 Å². The molecule has 2 aromatic carbocycles. The van der Waals surface area contributed by atoms with Crippen LogP contribution in [0.1, 0.15) is 54.6 Å². The van der Waals surface area contributed by atoms with Gasteiger partial charge in [0.1, 0.15) is 17.9 Å². The van der Waals surface area contributed by atoms with Gasteiger partial charge in [0.15, 0.2) is 0 Å².